The van der Waals surface area contributed by atoms with Gasteiger partial charge in [0.15, 0.2) is 14.9 Å². The van der Waals surface area contributed by atoms with Gasteiger partial charge in [0.2, 0.25) is 0 Å². The van der Waals surface area contributed by atoms with Gasteiger partial charge in [0.25, 0.3) is 0 Å². The summed E-state index contributed by atoms with van der Waals surface area (Å²) in [5.41, 5.74) is 0. The minimum atomic E-state index is -3.60. The molecule has 0 unspecified atom stereocenters. The fraction of sp³-hybridized carbons (Fsp3) is 0.333. The fourth-order valence-electron chi connectivity index (χ4n) is 0.946. The molecule has 0 saturated carbocycles. The van der Waals surface area contributed by atoms with Gasteiger partial charge in [0.05, 0.1) is 19.3 Å². The van der Waals surface area contributed by atoms with Crippen LogP contribution in [0.2, 0.25) is 5.15 Å². The number of sulfone groups is 1. The van der Waals surface area contributed by atoms with Crippen molar-refractivity contribution in [1.82, 2.24) is 4.98 Å². The number of carbonyl (C=O) groups is 1. The van der Waals surface area contributed by atoms with Crippen LogP contribution in [0.15, 0.2) is 17.2 Å². The summed E-state index contributed by atoms with van der Waals surface area (Å²) in [5, 5.41) is -0.195. The number of rotatable bonds is 4. The summed E-state index contributed by atoms with van der Waals surface area (Å²) >= 11 is 5.52. The van der Waals surface area contributed by atoms with Crippen molar-refractivity contribution in [3.63, 3.8) is 0 Å². The monoisotopic (exact) mass is 262 g/mol. The second-order valence-electron chi connectivity index (χ2n) is 2.86. The molecule has 16 heavy (non-hydrogen) atoms. The van der Waals surface area contributed by atoms with Crippen molar-refractivity contribution >= 4 is 27.4 Å². The second-order valence-corrected chi connectivity index (χ2v) is 5.28. The van der Waals surface area contributed by atoms with Crippen LogP contribution in [0.1, 0.15) is 6.42 Å². The molecule has 0 aliphatic heterocycles. The van der Waals surface area contributed by atoms with Gasteiger partial charge in [-0.05, 0) is 12.1 Å². The number of methoxy groups -OCH3 is 1. The highest BCUT2D eigenvalue weighted by Crippen LogP contribution is 2.12. The van der Waals surface area contributed by atoms with Crippen molar-refractivity contribution in [2.75, 3.05) is 12.9 Å². The predicted octanol–water partition coefficient (Wildman–Crippen LogP) is 0.872. The number of ether oxygens (including phenoxy) is 1. The van der Waals surface area contributed by atoms with E-state index < -0.39 is 15.8 Å². The zero-order chi connectivity index (χ0) is 12.2. The average molecular weight is 263 g/mol. The van der Waals surface area contributed by atoms with Crippen LogP contribution in [0.3, 0.4) is 0 Å². The first-order chi connectivity index (χ1) is 7.45. The van der Waals surface area contributed by atoms with Crippen molar-refractivity contribution in [2.24, 2.45) is 0 Å². The first-order valence-electron chi connectivity index (χ1n) is 4.29. The smallest absolute Gasteiger partial charge is 0.306 e. The van der Waals surface area contributed by atoms with Crippen LogP contribution in [-0.4, -0.2) is 32.2 Å². The number of nitrogens with zero attached hydrogens (tertiary/aromatic N) is 1. The van der Waals surface area contributed by atoms with Gasteiger partial charge >= 0.3 is 5.97 Å². The highest BCUT2D eigenvalue weighted by Gasteiger charge is 2.18. The maximum atomic E-state index is 11.7. The van der Waals surface area contributed by atoms with Gasteiger partial charge in [-0.2, -0.15) is 0 Å². The standard InChI is InChI=1S/C9H9ClNO4S/c1-15-9(12)5-6-16(13,14)8-4-2-3-7(10)11-8/h2,4H,5-6H2,1H3. The SMILES string of the molecule is COC(=O)CCS(=O)(=O)c1cc[c]c(Cl)n1. The van der Waals surface area contributed by atoms with Gasteiger partial charge in [0.1, 0.15) is 5.15 Å². The lowest BCUT2D eigenvalue weighted by molar-refractivity contribution is -0.140. The summed E-state index contributed by atoms with van der Waals surface area (Å²) in [4.78, 5) is 14.4. The third-order valence-corrected chi connectivity index (χ3v) is 3.56. The van der Waals surface area contributed by atoms with E-state index in [-0.39, 0.29) is 22.4 Å². The number of hydrogen-bond donors (Lipinski definition) is 0. The van der Waals surface area contributed by atoms with Crippen LogP contribution in [-0.2, 0) is 19.4 Å². The molecule has 1 aromatic rings. The van der Waals surface area contributed by atoms with Gasteiger partial charge in [0, 0.05) is 6.07 Å². The minimum Gasteiger partial charge on any atom is -0.469 e. The topological polar surface area (TPSA) is 73.3 Å². The van der Waals surface area contributed by atoms with Crippen molar-refractivity contribution in [2.45, 2.75) is 11.4 Å². The molecule has 0 spiro atoms. The Bertz CT molecular complexity index is 486. The van der Waals surface area contributed by atoms with Crippen LogP contribution >= 0.6 is 11.6 Å². The maximum Gasteiger partial charge on any atom is 0.306 e. The van der Waals surface area contributed by atoms with Crippen molar-refractivity contribution in [1.29, 1.82) is 0 Å². The highest BCUT2D eigenvalue weighted by molar-refractivity contribution is 7.91. The number of pyridine rings is 1. The number of halogens is 1. The minimum absolute atomic E-state index is 0.0286. The lowest BCUT2D eigenvalue weighted by Crippen LogP contribution is -2.13. The Morgan fingerprint density at radius 3 is 2.88 bits per heavy atom. The number of hydrogen-bond acceptors (Lipinski definition) is 5. The summed E-state index contributed by atoms with van der Waals surface area (Å²) in [6.45, 7) is 0. The van der Waals surface area contributed by atoms with E-state index in [0.29, 0.717) is 0 Å². The molecule has 0 atom stereocenters. The summed E-state index contributed by atoms with van der Waals surface area (Å²) in [6, 6.07) is 5.16. The van der Waals surface area contributed by atoms with E-state index in [4.69, 9.17) is 11.6 Å². The second kappa shape index (κ2) is 5.27. The first-order valence-corrected chi connectivity index (χ1v) is 6.32. The number of esters is 1. The number of carbonyl (C=O) groups excluding carboxylic acids is 1. The van der Waals surface area contributed by atoms with Gasteiger partial charge in [-0.1, -0.05) is 11.6 Å². The molecule has 1 heterocycles. The summed E-state index contributed by atoms with van der Waals surface area (Å²) in [7, 11) is -2.41. The Kier molecular flexibility index (Phi) is 4.26. The largest absolute Gasteiger partial charge is 0.469 e. The lowest BCUT2D eigenvalue weighted by Gasteiger charge is -2.02. The van der Waals surface area contributed by atoms with Gasteiger partial charge < -0.3 is 4.74 Å². The Morgan fingerprint density at radius 2 is 2.31 bits per heavy atom. The molecule has 0 aromatic carbocycles. The van der Waals surface area contributed by atoms with Crippen molar-refractivity contribution in [3.05, 3.63) is 23.4 Å². The van der Waals surface area contributed by atoms with E-state index in [1.165, 1.54) is 19.2 Å². The van der Waals surface area contributed by atoms with Crippen molar-refractivity contribution < 1.29 is 17.9 Å². The Morgan fingerprint density at radius 1 is 1.62 bits per heavy atom. The fourth-order valence-corrected chi connectivity index (χ4v) is 2.30. The molecular weight excluding hydrogens is 254 g/mol. The van der Waals surface area contributed by atoms with Crippen LogP contribution < -0.4 is 0 Å². The molecule has 7 heteroatoms. The van der Waals surface area contributed by atoms with Gasteiger partial charge in [-0.25, -0.2) is 13.4 Å². The molecule has 87 valence electrons. The lowest BCUT2D eigenvalue weighted by atomic mass is 10.5. The summed E-state index contributed by atoms with van der Waals surface area (Å²) in [6.07, 6.45) is -0.212. The van der Waals surface area contributed by atoms with E-state index in [1.807, 2.05) is 0 Å². The van der Waals surface area contributed by atoms with Crippen molar-refractivity contribution in [3.8, 4) is 0 Å². The van der Waals surface area contributed by atoms with E-state index >= 15 is 0 Å². The molecule has 1 radical (unpaired) electrons. The Hall–Kier alpha value is -1.14. The normalized spacial score (nSPS) is 11.1. The molecule has 1 rings (SSSR count). The molecule has 0 aliphatic carbocycles. The average Bonchev–Trinajstić information content (AvgIpc) is 2.26. The molecule has 0 amide bonds. The van der Waals surface area contributed by atoms with E-state index in [0.717, 1.165) is 0 Å². The van der Waals surface area contributed by atoms with Crippen LogP contribution in [0.5, 0.6) is 0 Å². The van der Waals surface area contributed by atoms with Crippen LogP contribution in [0.4, 0.5) is 0 Å². The zero-order valence-electron chi connectivity index (χ0n) is 8.44. The molecule has 5 nitrogen and oxygen atoms in total. The molecule has 1 aromatic heterocycles. The maximum absolute atomic E-state index is 11.7. The first kappa shape index (κ1) is 12.9. The van der Waals surface area contributed by atoms with E-state index in [1.54, 1.807) is 0 Å². The Labute approximate surface area is 98.3 Å². The molecule has 0 N–H and O–H groups in total. The molecular formula is C9H9ClNO4S. The number of aromatic nitrogens is 1. The molecule has 0 saturated heterocycles. The third-order valence-electron chi connectivity index (χ3n) is 1.76. The summed E-state index contributed by atoms with van der Waals surface area (Å²) < 4.78 is 27.7. The highest BCUT2D eigenvalue weighted by atomic mass is 35.5. The van der Waals surface area contributed by atoms with Crippen LogP contribution in [0.25, 0.3) is 0 Å². The van der Waals surface area contributed by atoms with Gasteiger partial charge in [-0.3, -0.25) is 4.79 Å². The van der Waals surface area contributed by atoms with Crippen LogP contribution in [0, 0.1) is 6.07 Å². The quantitative estimate of drug-likeness (QED) is 0.595. The molecule has 0 fully saturated rings. The Balaban J connectivity index is 2.82. The van der Waals surface area contributed by atoms with E-state index in [9.17, 15) is 13.2 Å². The van der Waals surface area contributed by atoms with E-state index in [2.05, 4.69) is 15.8 Å². The zero-order valence-corrected chi connectivity index (χ0v) is 10.0. The predicted molar refractivity (Wildman–Crippen MR) is 56.8 cm³/mol. The molecule has 0 bridgehead atoms. The summed E-state index contributed by atoms with van der Waals surface area (Å²) in [5.74, 6) is -0.940. The molecule has 0 aliphatic rings. The third kappa shape index (κ3) is 3.46. The van der Waals surface area contributed by atoms with Gasteiger partial charge in [-0.15, -0.1) is 0 Å².